The van der Waals surface area contributed by atoms with Crippen LogP contribution in [0.1, 0.15) is 55.6 Å². The molecule has 3 aliphatic carbocycles. The predicted octanol–water partition coefficient (Wildman–Crippen LogP) is 4.06. The van der Waals surface area contributed by atoms with E-state index in [9.17, 15) is 14.4 Å². The second-order valence-corrected chi connectivity index (χ2v) is 9.66. The van der Waals surface area contributed by atoms with E-state index in [0.717, 1.165) is 30.4 Å². The molecular formula is C27H30N2O5. The van der Waals surface area contributed by atoms with Crippen molar-refractivity contribution in [2.75, 3.05) is 6.61 Å². The summed E-state index contributed by atoms with van der Waals surface area (Å²) in [5, 5.41) is 15.0. The van der Waals surface area contributed by atoms with Crippen LogP contribution in [-0.4, -0.2) is 41.8 Å². The zero-order chi connectivity index (χ0) is 23.7. The number of carboxylic acids is 1. The Labute approximate surface area is 198 Å². The van der Waals surface area contributed by atoms with Gasteiger partial charge in [-0.15, -0.1) is 0 Å². The molecule has 34 heavy (non-hydrogen) atoms. The van der Waals surface area contributed by atoms with Gasteiger partial charge in [0.15, 0.2) is 0 Å². The first-order valence-corrected chi connectivity index (χ1v) is 12.1. The summed E-state index contributed by atoms with van der Waals surface area (Å²) < 4.78 is 5.65. The van der Waals surface area contributed by atoms with Crippen LogP contribution in [0.15, 0.2) is 48.5 Å². The van der Waals surface area contributed by atoms with Gasteiger partial charge < -0.3 is 20.5 Å². The van der Waals surface area contributed by atoms with Crippen LogP contribution < -0.4 is 10.6 Å². The number of carbonyl (C=O) groups is 3. The van der Waals surface area contributed by atoms with E-state index in [-0.39, 0.29) is 48.8 Å². The fourth-order valence-corrected chi connectivity index (χ4v) is 5.55. The third-order valence-corrected chi connectivity index (χ3v) is 7.41. The van der Waals surface area contributed by atoms with Gasteiger partial charge >= 0.3 is 12.1 Å². The van der Waals surface area contributed by atoms with Crippen molar-refractivity contribution in [3.05, 3.63) is 59.7 Å². The number of aliphatic carboxylic acids is 1. The summed E-state index contributed by atoms with van der Waals surface area (Å²) in [7, 11) is 0. The SMILES string of the molecule is O=C(O)CC(NC(=O)[C@H]1CCC[C@H]1NC(=O)OCC1c2ccccc2-c2ccccc21)C1CC1. The smallest absolute Gasteiger partial charge is 0.407 e. The van der Waals surface area contributed by atoms with Gasteiger partial charge in [-0.3, -0.25) is 9.59 Å². The summed E-state index contributed by atoms with van der Waals surface area (Å²) in [6, 6.07) is 15.7. The molecule has 2 saturated carbocycles. The molecule has 178 valence electrons. The van der Waals surface area contributed by atoms with E-state index >= 15 is 0 Å². The van der Waals surface area contributed by atoms with Gasteiger partial charge in [-0.25, -0.2) is 4.79 Å². The van der Waals surface area contributed by atoms with E-state index in [4.69, 9.17) is 9.84 Å². The van der Waals surface area contributed by atoms with Gasteiger partial charge in [0.05, 0.1) is 12.3 Å². The Kier molecular flexibility index (Phi) is 6.26. The zero-order valence-corrected chi connectivity index (χ0v) is 19.0. The maximum atomic E-state index is 12.9. The van der Waals surface area contributed by atoms with Gasteiger partial charge in [-0.1, -0.05) is 55.0 Å². The molecule has 0 spiro atoms. The molecule has 2 amide bonds. The lowest BCUT2D eigenvalue weighted by molar-refractivity contribution is -0.138. The van der Waals surface area contributed by atoms with E-state index in [0.29, 0.717) is 12.8 Å². The summed E-state index contributed by atoms with van der Waals surface area (Å²) in [5.41, 5.74) is 4.65. The highest BCUT2D eigenvalue weighted by atomic mass is 16.5. The van der Waals surface area contributed by atoms with Crippen LogP contribution >= 0.6 is 0 Å². The highest BCUT2D eigenvalue weighted by molar-refractivity contribution is 5.82. The Morgan fingerprint density at radius 3 is 2.21 bits per heavy atom. The van der Waals surface area contributed by atoms with Crippen LogP contribution in [0.3, 0.4) is 0 Å². The van der Waals surface area contributed by atoms with Crippen LogP contribution in [0.5, 0.6) is 0 Å². The van der Waals surface area contributed by atoms with Gasteiger partial charge in [0.1, 0.15) is 6.61 Å². The number of hydrogen-bond acceptors (Lipinski definition) is 4. The molecule has 3 N–H and O–H groups in total. The Hall–Kier alpha value is -3.35. The van der Waals surface area contributed by atoms with E-state index in [1.54, 1.807) is 0 Å². The Bertz CT molecular complexity index is 1050. The van der Waals surface area contributed by atoms with E-state index in [1.807, 2.05) is 24.3 Å². The molecule has 5 rings (SSSR count). The van der Waals surface area contributed by atoms with Gasteiger partial charge in [-0.2, -0.15) is 0 Å². The summed E-state index contributed by atoms with van der Waals surface area (Å²) in [5.74, 6) is -1.21. The Balaban J connectivity index is 1.19. The van der Waals surface area contributed by atoms with Crippen LogP contribution in [0.2, 0.25) is 0 Å². The molecule has 2 fully saturated rings. The highest BCUT2D eigenvalue weighted by Crippen LogP contribution is 2.44. The number of carboxylic acid groups (broad SMARTS) is 1. The Morgan fingerprint density at radius 2 is 1.59 bits per heavy atom. The molecule has 0 saturated heterocycles. The van der Waals surface area contributed by atoms with Crippen molar-refractivity contribution in [3.63, 3.8) is 0 Å². The molecular weight excluding hydrogens is 432 g/mol. The number of ether oxygens (including phenoxy) is 1. The van der Waals surface area contributed by atoms with Crippen molar-refractivity contribution in [2.24, 2.45) is 11.8 Å². The standard InChI is InChI=1S/C27H30N2O5/c30-25(31)14-24(16-12-13-16)28-26(32)21-10-5-11-23(21)29-27(33)34-15-22-19-8-3-1-6-17(19)18-7-2-4-9-20(18)22/h1-4,6-9,16,21-24H,5,10-15H2,(H,28,32)(H,29,33)(H,30,31)/t21-,23+,24?/m0/s1. The van der Waals surface area contributed by atoms with Crippen molar-refractivity contribution in [2.45, 2.75) is 56.5 Å². The number of nitrogens with one attached hydrogen (secondary N) is 2. The van der Waals surface area contributed by atoms with Gasteiger partial charge in [0.25, 0.3) is 0 Å². The molecule has 7 nitrogen and oxygen atoms in total. The minimum absolute atomic E-state index is 0.0175. The minimum atomic E-state index is -0.906. The lowest BCUT2D eigenvalue weighted by Gasteiger charge is -2.24. The number of alkyl carbamates (subject to hydrolysis) is 1. The zero-order valence-electron chi connectivity index (χ0n) is 19.0. The third-order valence-electron chi connectivity index (χ3n) is 7.41. The fourth-order valence-electron chi connectivity index (χ4n) is 5.55. The van der Waals surface area contributed by atoms with E-state index < -0.39 is 12.1 Å². The first-order valence-electron chi connectivity index (χ1n) is 12.1. The van der Waals surface area contributed by atoms with Crippen molar-refractivity contribution in [3.8, 4) is 11.1 Å². The predicted molar refractivity (Wildman–Crippen MR) is 126 cm³/mol. The van der Waals surface area contributed by atoms with Crippen LogP contribution in [0.4, 0.5) is 4.79 Å². The van der Waals surface area contributed by atoms with E-state index in [1.165, 1.54) is 11.1 Å². The fraction of sp³-hybridized carbons (Fsp3) is 0.444. The molecule has 3 atom stereocenters. The summed E-state index contributed by atoms with van der Waals surface area (Å²) in [6.07, 6.45) is 3.53. The first-order chi connectivity index (χ1) is 16.5. The van der Waals surface area contributed by atoms with Crippen molar-refractivity contribution in [1.29, 1.82) is 0 Å². The van der Waals surface area contributed by atoms with Gasteiger partial charge in [0, 0.05) is 18.0 Å². The van der Waals surface area contributed by atoms with Crippen molar-refractivity contribution in [1.82, 2.24) is 10.6 Å². The van der Waals surface area contributed by atoms with Gasteiger partial charge in [-0.05, 0) is 53.9 Å². The largest absolute Gasteiger partial charge is 0.481 e. The highest BCUT2D eigenvalue weighted by Gasteiger charge is 2.39. The average Bonchev–Trinajstić information content (AvgIpc) is 3.49. The number of amides is 2. The lowest BCUT2D eigenvalue weighted by Crippen LogP contribution is -2.47. The number of benzene rings is 2. The maximum Gasteiger partial charge on any atom is 0.407 e. The second-order valence-electron chi connectivity index (χ2n) is 9.66. The number of hydrogen-bond donors (Lipinski definition) is 3. The van der Waals surface area contributed by atoms with Crippen LogP contribution in [-0.2, 0) is 14.3 Å². The molecule has 0 heterocycles. The normalized spacial score (nSPS) is 21.9. The quantitative estimate of drug-likeness (QED) is 0.549. The Morgan fingerprint density at radius 1 is 0.941 bits per heavy atom. The molecule has 2 aromatic rings. The summed E-state index contributed by atoms with van der Waals surface area (Å²) in [6.45, 7) is 0.228. The number of fused-ring (bicyclic) bond motifs is 3. The molecule has 0 radical (unpaired) electrons. The molecule has 0 bridgehead atoms. The molecule has 2 aromatic carbocycles. The maximum absolute atomic E-state index is 12.9. The molecule has 3 aliphatic rings. The summed E-state index contributed by atoms with van der Waals surface area (Å²) >= 11 is 0. The van der Waals surface area contributed by atoms with Crippen molar-refractivity contribution < 1.29 is 24.2 Å². The van der Waals surface area contributed by atoms with Gasteiger partial charge in [0.2, 0.25) is 5.91 Å². The molecule has 7 heteroatoms. The van der Waals surface area contributed by atoms with Crippen LogP contribution in [0.25, 0.3) is 11.1 Å². The van der Waals surface area contributed by atoms with Crippen LogP contribution in [0, 0.1) is 11.8 Å². The van der Waals surface area contributed by atoms with Crippen molar-refractivity contribution >= 4 is 18.0 Å². The molecule has 0 aliphatic heterocycles. The monoisotopic (exact) mass is 462 g/mol. The molecule has 1 unspecified atom stereocenters. The number of rotatable bonds is 8. The third kappa shape index (κ3) is 4.65. The minimum Gasteiger partial charge on any atom is -0.481 e. The molecule has 0 aromatic heterocycles. The first kappa shape index (κ1) is 22.4. The average molecular weight is 463 g/mol. The lowest BCUT2D eigenvalue weighted by atomic mass is 9.98. The number of carbonyl (C=O) groups excluding carboxylic acids is 2. The topological polar surface area (TPSA) is 105 Å². The summed E-state index contributed by atoms with van der Waals surface area (Å²) in [4.78, 5) is 36.8. The van der Waals surface area contributed by atoms with E-state index in [2.05, 4.69) is 34.9 Å². The second kappa shape index (κ2) is 9.49.